The fourth-order valence-electron chi connectivity index (χ4n) is 3.07. The van der Waals surface area contributed by atoms with Gasteiger partial charge in [-0.2, -0.15) is 0 Å². The summed E-state index contributed by atoms with van der Waals surface area (Å²) in [6.45, 7) is 9.63. The van der Waals surface area contributed by atoms with E-state index in [1.807, 2.05) is 0 Å². The van der Waals surface area contributed by atoms with Crippen LogP contribution in [0.1, 0.15) is 29.2 Å². The molecular weight excluding hydrogens is 256 g/mol. The Balaban J connectivity index is 1.94. The van der Waals surface area contributed by atoms with Crippen LogP contribution in [0, 0.1) is 13.8 Å². The van der Waals surface area contributed by atoms with Crippen molar-refractivity contribution in [2.75, 3.05) is 11.4 Å². The maximum atomic E-state index is 3.60. The van der Waals surface area contributed by atoms with Crippen LogP contribution < -0.4 is 10.2 Å². The van der Waals surface area contributed by atoms with Crippen LogP contribution in [0.2, 0.25) is 0 Å². The van der Waals surface area contributed by atoms with Crippen LogP contribution in [-0.2, 0) is 13.1 Å². The maximum Gasteiger partial charge on any atom is 0.0432 e. The van der Waals surface area contributed by atoms with Crippen molar-refractivity contribution >= 4 is 5.69 Å². The summed E-state index contributed by atoms with van der Waals surface area (Å²) < 4.78 is 0. The molecule has 0 saturated carbocycles. The zero-order valence-corrected chi connectivity index (χ0v) is 13.2. The van der Waals surface area contributed by atoms with Crippen LogP contribution in [0.15, 0.2) is 42.5 Å². The molecule has 2 aromatic rings. The van der Waals surface area contributed by atoms with Gasteiger partial charge in [-0.15, -0.1) is 0 Å². The molecule has 1 unspecified atom stereocenters. The molecule has 110 valence electrons. The van der Waals surface area contributed by atoms with Gasteiger partial charge in [0.1, 0.15) is 0 Å². The van der Waals surface area contributed by atoms with Gasteiger partial charge in [0, 0.05) is 31.4 Å². The number of nitrogens with zero attached hydrogens (tertiary/aromatic N) is 1. The minimum atomic E-state index is 0.502. The van der Waals surface area contributed by atoms with Gasteiger partial charge in [-0.05, 0) is 43.5 Å². The number of nitrogens with one attached hydrogen (secondary N) is 1. The van der Waals surface area contributed by atoms with E-state index in [2.05, 4.69) is 73.5 Å². The molecule has 3 rings (SSSR count). The molecule has 2 nitrogen and oxygen atoms in total. The third-order valence-corrected chi connectivity index (χ3v) is 4.33. The van der Waals surface area contributed by atoms with Gasteiger partial charge in [0.15, 0.2) is 0 Å². The minimum absolute atomic E-state index is 0.502. The second kappa shape index (κ2) is 5.90. The number of hydrogen-bond donors (Lipinski definition) is 1. The fourth-order valence-corrected chi connectivity index (χ4v) is 3.07. The van der Waals surface area contributed by atoms with Crippen LogP contribution in [0.3, 0.4) is 0 Å². The van der Waals surface area contributed by atoms with E-state index in [4.69, 9.17) is 0 Å². The van der Waals surface area contributed by atoms with Crippen LogP contribution >= 0.6 is 0 Å². The number of rotatable bonds is 2. The standard InChI is InChI=1S/C19H24N2/c1-14-8-9-15(2)18(10-14)13-21-12-16(3)20-11-17-6-4-5-7-19(17)21/h4-10,16,20H,11-13H2,1-3H3. The monoisotopic (exact) mass is 280 g/mol. The molecule has 1 aliphatic rings. The predicted octanol–water partition coefficient (Wildman–Crippen LogP) is 3.80. The van der Waals surface area contributed by atoms with Crippen molar-refractivity contribution in [2.45, 2.75) is 39.9 Å². The molecule has 1 aliphatic heterocycles. The van der Waals surface area contributed by atoms with E-state index < -0.39 is 0 Å². The minimum Gasteiger partial charge on any atom is -0.365 e. The SMILES string of the molecule is Cc1ccc(C)c(CN2CC(C)NCc3ccccc32)c1. The summed E-state index contributed by atoms with van der Waals surface area (Å²) in [4.78, 5) is 2.52. The van der Waals surface area contributed by atoms with E-state index in [1.165, 1.54) is 27.9 Å². The smallest absolute Gasteiger partial charge is 0.0432 e. The van der Waals surface area contributed by atoms with Gasteiger partial charge < -0.3 is 10.2 Å². The molecule has 2 aromatic carbocycles. The number of hydrogen-bond acceptors (Lipinski definition) is 2. The first-order valence-electron chi connectivity index (χ1n) is 7.76. The Bertz CT molecular complexity index is 633. The summed E-state index contributed by atoms with van der Waals surface area (Å²) in [5.41, 5.74) is 6.91. The van der Waals surface area contributed by atoms with Crippen molar-refractivity contribution in [1.29, 1.82) is 0 Å². The lowest BCUT2D eigenvalue weighted by atomic mass is 10.0. The second-order valence-electron chi connectivity index (χ2n) is 6.22. The third kappa shape index (κ3) is 3.11. The van der Waals surface area contributed by atoms with Crippen molar-refractivity contribution in [3.05, 3.63) is 64.7 Å². The van der Waals surface area contributed by atoms with E-state index >= 15 is 0 Å². The number of benzene rings is 2. The molecule has 1 N–H and O–H groups in total. The van der Waals surface area contributed by atoms with Crippen molar-refractivity contribution in [1.82, 2.24) is 5.32 Å². The van der Waals surface area contributed by atoms with Gasteiger partial charge in [0.2, 0.25) is 0 Å². The molecule has 0 bridgehead atoms. The first-order valence-corrected chi connectivity index (χ1v) is 7.76. The zero-order valence-electron chi connectivity index (χ0n) is 13.2. The molecule has 0 fully saturated rings. The van der Waals surface area contributed by atoms with Crippen molar-refractivity contribution in [3.8, 4) is 0 Å². The second-order valence-corrected chi connectivity index (χ2v) is 6.22. The molecule has 0 aromatic heterocycles. The molecule has 0 spiro atoms. The molecule has 0 aliphatic carbocycles. The molecule has 0 amide bonds. The third-order valence-electron chi connectivity index (χ3n) is 4.33. The van der Waals surface area contributed by atoms with E-state index in [0.717, 1.165) is 19.6 Å². The highest BCUT2D eigenvalue weighted by Gasteiger charge is 2.19. The average molecular weight is 280 g/mol. The zero-order chi connectivity index (χ0) is 14.8. The van der Waals surface area contributed by atoms with Gasteiger partial charge in [0.05, 0.1) is 0 Å². The number of para-hydroxylation sites is 1. The molecule has 1 heterocycles. The summed E-state index contributed by atoms with van der Waals surface area (Å²) in [5, 5.41) is 3.60. The topological polar surface area (TPSA) is 15.3 Å². The van der Waals surface area contributed by atoms with E-state index in [-0.39, 0.29) is 0 Å². The van der Waals surface area contributed by atoms with Gasteiger partial charge >= 0.3 is 0 Å². The first kappa shape index (κ1) is 14.2. The first-order chi connectivity index (χ1) is 10.1. The summed E-state index contributed by atoms with van der Waals surface area (Å²) >= 11 is 0. The van der Waals surface area contributed by atoms with Gasteiger partial charge in [-0.3, -0.25) is 0 Å². The summed E-state index contributed by atoms with van der Waals surface area (Å²) in [7, 11) is 0. The Labute approximate surface area is 127 Å². The Morgan fingerprint density at radius 3 is 2.81 bits per heavy atom. The van der Waals surface area contributed by atoms with Crippen molar-refractivity contribution < 1.29 is 0 Å². The Morgan fingerprint density at radius 2 is 1.95 bits per heavy atom. The van der Waals surface area contributed by atoms with Crippen LogP contribution in [0.25, 0.3) is 0 Å². The molecular formula is C19H24N2. The molecule has 0 radical (unpaired) electrons. The lowest BCUT2D eigenvalue weighted by Crippen LogP contribution is -2.35. The predicted molar refractivity (Wildman–Crippen MR) is 89.7 cm³/mol. The lowest BCUT2D eigenvalue weighted by molar-refractivity contribution is 0.552. The Kier molecular flexibility index (Phi) is 3.98. The Morgan fingerprint density at radius 1 is 1.14 bits per heavy atom. The quantitative estimate of drug-likeness (QED) is 0.900. The molecule has 21 heavy (non-hydrogen) atoms. The molecule has 1 atom stereocenters. The number of anilines is 1. The average Bonchev–Trinajstić information content (AvgIpc) is 2.63. The summed E-state index contributed by atoms with van der Waals surface area (Å²) in [5.74, 6) is 0. The summed E-state index contributed by atoms with van der Waals surface area (Å²) in [6, 6.07) is 16.0. The van der Waals surface area contributed by atoms with Gasteiger partial charge in [-0.1, -0.05) is 42.0 Å². The van der Waals surface area contributed by atoms with Crippen LogP contribution in [0.4, 0.5) is 5.69 Å². The Hall–Kier alpha value is -1.80. The van der Waals surface area contributed by atoms with Crippen LogP contribution in [0.5, 0.6) is 0 Å². The normalized spacial score (nSPS) is 18.2. The maximum absolute atomic E-state index is 3.60. The largest absolute Gasteiger partial charge is 0.365 e. The highest BCUT2D eigenvalue weighted by molar-refractivity contribution is 5.55. The number of fused-ring (bicyclic) bond motifs is 1. The summed E-state index contributed by atoms with van der Waals surface area (Å²) in [6.07, 6.45) is 0. The fraction of sp³-hybridized carbons (Fsp3) is 0.368. The van der Waals surface area contributed by atoms with Crippen molar-refractivity contribution in [2.24, 2.45) is 0 Å². The van der Waals surface area contributed by atoms with E-state index in [0.29, 0.717) is 6.04 Å². The molecule has 0 saturated heterocycles. The highest BCUT2D eigenvalue weighted by Crippen LogP contribution is 2.26. The van der Waals surface area contributed by atoms with E-state index in [9.17, 15) is 0 Å². The highest BCUT2D eigenvalue weighted by atomic mass is 15.2. The molecule has 2 heteroatoms. The van der Waals surface area contributed by atoms with E-state index in [1.54, 1.807) is 0 Å². The lowest BCUT2D eigenvalue weighted by Gasteiger charge is -2.27. The number of aryl methyl sites for hydroxylation is 2. The van der Waals surface area contributed by atoms with Gasteiger partial charge in [-0.25, -0.2) is 0 Å². The van der Waals surface area contributed by atoms with Crippen LogP contribution in [-0.4, -0.2) is 12.6 Å². The van der Waals surface area contributed by atoms with Gasteiger partial charge in [0.25, 0.3) is 0 Å². The van der Waals surface area contributed by atoms with Crippen molar-refractivity contribution in [3.63, 3.8) is 0 Å².